The van der Waals surface area contributed by atoms with Gasteiger partial charge in [-0.1, -0.05) is 22.9 Å². The lowest BCUT2D eigenvalue weighted by Gasteiger charge is -2.25. The maximum absolute atomic E-state index is 14.0. The Bertz CT molecular complexity index is 1930. The maximum Gasteiger partial charge on any atom is 0.338 e. The summed E-state index contributed by atoms with van der Waals surface area (Å²) < 4.78 is 14.5. The van der Waals surface area contributed by atoms with Crippen LogP contribution in [0.25, 0.3) is 11.8 Å². The van der Waals surface area contributed by atoms with Gasteiger partial charge in [-0.3, -0.25) is 19.5 Å². The van der Waals surface area contributed by atoms with Gasteiger partial charge in [0.2, 0.25) is 0 Å². The van der Waals surface area contributed by atoms with Gasteiger partial charge in [0.1, 0.15) is 11.8 Å². The molecular formula is C29H25ClN4O6S. The molecule has 1 atom stereocenters. The van der Waals surface area contributed by atoms with Crippen LogP contribution in [0.1, 0.15) is 35.5 Å². The highest BCUT2D eigenvalue weighted by atomic mass is 35.5. The first-order chi connectivity index (χ1) is 19.5. The highest BCUT2D eigenvalue weighted by molar-refractivity contribution is 7.07. The van der Waals surface area contributed by atoms with E-state index in [4.69, 9.17) is 21.1 Å². The lowest BCUT2D eigenvalue weighted by atomic mass is 9.95. The number of aromatic nitrogens is 2. The zero-order valence-electron chi connectivity index (χ0n) is 22.8. The molecule has 2 aromatic heterocycles. The van der Waals surface area contributed by atoms with Gasteiger partial charge in [0.25, 0.3) is 11.2 Å². The summed E-state index contributed by atoms with van der Waals surface area (Å²) in [6.45, 7) is 5.53. The molecule has 0 radical (unpaired) electrons. The van der Waals surface area contributed by atoms with Crippen LogP contribution in [0.3, 0.4) is 0 Å². The van der Waals surface area contributed by atoms with Crippen LogP contribution < -0.4 is 19.6 Å². The van der Waals surface area contributed by atoms with E-state index in [1.54, 1.807) is 43.3 Å². The number of aryl methyl sites for hydroxylation is 1. The van der Waals surface area contributed by atoms with Gasteiger partial charge >= 0.3 is 5.97 Å². The van der Waals surface area contributed by atoms with Gasteiger partial charge in [-0.25, -0.2) is 9.79 Å². The van der Waals surface area contributed by atoms with Gasteiger partial charge in [-0.05, 0) is 68.8 Å². The van der Waals surface area contributed by atoms with Crippen molar-refractivity contribution in [2.45, 2.75) is 26.8 Å². The topological polar surface area (TPSA) is 118 Å². The number of carbonyl (C=O) groups is 1. The molecule has 3 heterocycles. The Balaban J connectivity index is 1.70. The number of thiazole rings is 1. The second-order valence-corrected chi connectivity index (χ2v) is 10.8. The van der Waals surface area contributed by atoms with E-state index in [1.807, 2.05) is 24.5 Å². The fourth-order valence-electron chi connectivity index (χ4n) is 5.10. The molecule has 2 aromatic carbocycles. The predicted molar refractivity (Wildman–Crippen MR) is 156 cm³/mol. The highest BCUT2D eigenvalue weighted by Gasteiger charge is 2.35. The Morgan fingerprint density at radius 2 is 1.83 bits per heavy atom. The minimum atomic E-state index is -0.873. The molecule has 4 aromatic rings. The smallest absolute Gasteiger partial charge is 0.338 e. The van der Waals surface area contributed by atoms with Crippen molar-refractivity contribution in [1.29, 1.82) is 0 Å². The van der Waals surface area contributed by atoms with Crippen molar-refractivity contribution in [3.63, 3.8) is 0 Å². The fraction of sp³-hybridized carbons (Fsp3) is 0.207. The molecule has 0 fully saturated rings. The minimum absolute atomic E-state index is 0.00468. The number of nitro benzene ring substituents is 1. The molecule has 0 amide bonds. The number of hydrogen-bond donors (Lipinski definition) is 0. The Morgan fingerprint density at radius 1 is 1.12 bits per heavy atom. The normalized spacial score (nSPS) is 15.0. The van der Waals surface area contributed by atoms with Gasteiger partial charge in [0, 0.05) is 39.8 Å². The molecule has 0 aliphatic carbocycles. The van der Waals surface area contributed by atoms with E-state index < -0.39 is 16.9 Å². The molecule has 0 spiro atoms. The quantitative estimate of drug-likeness (QED) is 0.186. The molecule has 0 saturated heterocycles. The number of ether oxygens (including phenoxy) is 2. The van der Waals surface area contributed by atoms with Crippen LogP contribution in [-0.2, 0) is 9.53 Å². The van der Waals surface area contributed by atoms with Crippen molar-refractivity contribution < 1.29 is 19.2 Å². The van der Waals surface area contributed by atoms with Crippen molar-refractivity contribution in [1.82, 2.24) is 9.13 Å². The number of rotatable bonds is 6. The molecule has 1 aliphatic rings. The van der Waals surface area contributed by atoms with E-state index in [2.05, 4.69) is 4.99 Å². The molecule has 0 N–H and O–H groups in total. The molecule has 0 saturated carbocycles. The number of methoxy groups -OCH3 is 2. The molecule has 41 heavy (non-hydrogen) atoms. The summed E-state index contributed by atoms with van der Waals surface area (Å²) in [6, 6.07) is 12.4. The largest absolute Gasteiger partial charge is 0.496 e. The van der Waals surface area contributed by atoms with Crippen molar-refractivity contribution >= 4 is 40.7 Å². The summed E-state index contributed by atoms with van der Waals surface area (Å²) in [4.78, 5) is 42.6. The number of allylic oxidation sites excluding steroid dienone is 1. The van der Waals surface area contributed by atoms with E-state index in [0.717, 1.165) is 22.6 Å². The Labute approximate surface area is 243 Å². The van der Waals surface area contributed by atoms with E-state index in [-0.39, 0.29) is 16.8 Å². The van der Waals surface area contributed by atoms with E-state index >= 15 is 0 Å². The molecule has 0 unspecified atom stereocenters. The van der Waals surface area contributed by atoms with Crippen LogP contribution in [-0.4, -0.2) is 34.2 Å². The second kappa shape index (κ2) is 10.8. The fourth-order valence-corrected chi connectivity index (χ4v) is 6.32. The van der Waals surface area contributed by atoms with Gasteiger partial charge in [0.15, 0.2) is 4.80 Å². The Hall–Kier alpha value is -4.48. The van der Waals surface area contributed by atoms with Crippen LogP contribution in [0.15, 0.2) is 69.6 Å². The third-order valence-corrected chi connectivity index (χ3v) is 8.21. The minimum Gasteiger partial charge on any atom is -0.496 e. The van der Waals surface area contributed by atoms with Crippen LogP contribution in [0.5, 0.6) is 5.75 Å². The number of nitro groups is 1. The Morgan fingerprint density at radius 3 is 2.46 bits per heavy atom. The Kier molecular flexibility index (Phi) is 7.41. The molecule has 12 heteroatoms. The monoisotopic (exact) mass is 592 g/mol. The molecule has 1 aliphatic heterocycles. The first-order valence-corrected chi connectivity index (χ1v) is 13.6. The van der Waals surface area contributed by atoms with Gasteiger partial charge in [-0.15, -0.1) is 0 Å². The van der Waals surface area contributed by atoms with Gasteiger partial charge in [-0.2, -0.15) is 0 Å². The van der Waals surface area contributed by atoms with Crippen LogP contribution in [0.4, 0.5) is 5.69 Å². The van der Waals surface area contributed by atoms with E-state index in [0.29, 0.717) is 31.4 Å². The molecule has 5 rings (SSSR count). The first-order valence-electron chi connectivity index (χ1n) is 12.4. The number of fused-ring (bicyclic) bond motifs is 1. The standard InChI is InChI=1S/C29H25ClN4O6S/c1-15-12-18(17(3)32(15)20-7-9-21(10-8-20)34(37)38)13-24-27(35)33-26(22-14-19(30)6-11-23(22)39-4)25(28(36)40-5)16(2)31-29(33)41-24/h6-14,26H,1-5H3/b24-13-/t26-/m1/s1. The zero-order chi connectivity index (χ0) is 29.6. The summed E-state index contributed by atoms with van der Waals surface area (Å²) in [7, 11) is 2.78. The SMILES string of the molecule is COC(=O)C1=C(C)N=c2s/c(=C\c3cc(C)n(-c4ccc([N+](=O)[O-])cc4)c3C)c(=O)n2[C@@H]1c1cc(Cl)ccc1OC. The van der Waals surface area contributed by atoms with E-state index in [9.17, 15) is 19.7 Å². The molecule has 10 nitrogen and oxygen atoms in total. The van der Waals surface area contributed by atoms with E-state index in [1.165, 1.54) is 42.3 Å². The summed E-state index contributed by atoms with van der Waals surface area (Å²) in [5, 5.41) is 11.5. The number of halogens is 1. The van der Waals surface area contributed by atoms with Crippen molar-refractivity contribution in [3.05, 3.63) is 117 Å². The summed E-state index contributed by atoms with van der Waals surface area (Å²) in [5.74, 6) is -0.157. The van der Waals surface area contributed by atoms with Crippen molar-refractivity contribution in [2.75, 3.05) is 14.2 Å². The van der Waals surface area contributed by atoms with Crippen molar-refractivity contribution in [2.24, 2.45) is 4.99 Å². The third-order valence-electron chi connectivity index (χ3n) is 6.99. The van der Waals surface area contributed by atoms with Crippen LogP contribution >= 0.6 is 22.9 Å². The first kappa shape index (κ1) is 28.1. The summed E-state index contributed by atoms with van der Waals surface area (Å²) in [6.07, 6.45) is 1.79. The number of carbonyl (C=O) groups excluding carboxylic acids is 1. The molecule has 0 bridgehead atoms. The maximum atomic E-state index is 14.0. The van der Waals surface area contributed by atoms with Gasteiger partial charge in [0.05, 0.1) is 34.9 Å². The predicted octanol–water partition coefficient (Wildman–Crippen LogP) is 4.39. The number of hydrogen-bond acceptors (Lipinski definition) is 8. The second-order valence-electron chi connectivity index (χ2n) is 9.40. The number of non-ortho nitro benzene ring substituents is 1. The number of esters is 1. The zero-order valence-corrected chi connectivity index (χ0v) is 24.4. The lowest BCUT2D eigenvalue weighted by molar-refractivity contribution is -0.384. The van der Waals surface area contributed by atoms with Gasteiger partial charge < -0.3 is 14.0 Å². The number of nitrogens with zero attached hydrogens (tertiary/aromatic N) is 4. The lowest BCUT2D eigenvalue weighted by Crippen LogP contribution is -2.40. The van der Waals surface area contributed by atoms with Crippen molar-refractivity contribution in [3.8, 4) is 11.4 Å². The van der Waals surface area contributed by atoms with Crippen LogP contribution in [0.2, 0.25) is 5.02 Å². The molecule has 210 valence electrons. The summed E-state index contributed by atoms with van der Waals surface area (Å²) >= 11 is 7.55. The van der Waals surface area contributed by atoms with Crippen LogP contribution in [0, 0.1) is 24.0 Å². The average Bonchev–Trinajstić information content (AvgIpc) is 3.41. The number of benzene rings is 2. The third kappa shape index (κ3) is 4.87. The summed E-state index contributed by atoms with van der Waals surface area (Å²) in [5.41, 5.74) is 4.13. The average molecular weight is 593 g/mol. The highest BCUT2D eigenvalue weighted by Crippen LogP contribution is 2.37. The molecular weight excluding hydrogens is 568 g/mol.